The van der Waals surface area contributed by atoms with E-state index in [4.69, 9.17) is 9.84 Å². The highest BCUT2D eigenvalue weighted by atomic mass is 32.1. The monoisotopic (exact) mass is 546 g/mol. The predicted octanol–water partition coefficient (Wildman–Crippen LogP) is 4.57. The lowest BCUT2D eigenvalue weighted by Gasteiger charge is -2.24. The van der Waals surface area contributed by atoms with Gasteiger partial charge in [-0.1, -0.05) is 89.7 Å². The summed E-state index contributed by atoms with van der Waals surface area (Å²) in [5, 5.41) is 4.90. The summed E-state index contributed by atoms with van der Waals surface area (Å²) in [7, 11) is 1.34. The third kappa shape index (κ3) is 4.52. The Morgan fingerprint density at radius 3 is 2.30 bits per heavy atom. The molecule has 3 aromatic carbocycles. The second-order valence-corrected chi connectivity index (χ2v) is 10.6. The summed E-state index contributed by atoms with van der Waals surface area (Å²) in [5.41, 5.74) is 6.05. The number of allylic oxidation sites excluding steroid dienone is 1. The van der Waals surface area contributed by atoms with E-state index in [-0.39, 0.29) is 5.56 Å². The second-order valence-electron chi connectivity index (χ2n) is 9.56. The highest BCUT2D eigenvalue weighted by Gasteiger charge is 2.33. The van der Waals surface area contributed by atoms with E-state index in [2.05, 4.69) is 4.99 Å². The molecule has 5 aromatic rings. The number of carbonyl (C=O) groups excluding carboxylic acids is 1. The molecule has 0 radical (unpaired) electrons. The summed E-state index contributed by atoms with van der Waals surface area (Å²) >= 11 is 1.30. The van der Waals surface area contributed by atoms with E-state index in [1.807, 2.05) is 109 Å². The first-order valence-electron chi connectivity index (χ1n) is 12.8. The van der Waals surface area contributed by atoms with Crippen molar-refractivity contribution in [3.8, 4) is 16.9 Å². The van der Waals surface area contributed by atoms with Gasteiger partial charge in [0.1, 0.15) is 0 Å². The Kier molecular flexibility index (Phi) is 6.61. The molecule has 7 nitrogen and oxygen atoms in total. The van der Waals surface area contributed by atoms with Crippen molar-refractivity contribution in [2.45, 2.75) is 19.9 Å². The molecule has 0 spiro atoms. The number of para-hydroxylation sites is 1. The van der Waals surface area contributed by atoms with Crippen LogP contribution in [0, 0.1) is 6.92 Å². The van der Waals surface area contributed by atoms with E-state index < -0.39 is 12.0 Å². The van der Waals surface area contributed by atoms with Gasteiger partial charge in [0.15, 0.2) is 4.80 Å². The zero-order chi connectivity index (χ0) is 27.8. The number of aromatic nitrogens is 3. The van der Waals surface area contributed by atoms with Gasteiger partial charge in [-0.05, 0) is 37.6 Å². The van der Waals surface area contributed by atoms with Gasteiger partial charge in [0, 0.05) is 17.3 Å². The lowest BCUT2D eigenvalue weighted by Crippen LogP contribution is -2.39. The number of thiazole rings is 1. The van der Waals surface area contributed by atoms with Crippen LogP contribution in [-0.2, 0) is 9.53 Å². The fourth-order valence-electron chi connectivity index (χ4n) is 4.93. The van der Waals surface area contributed by atoms with Crippen molar-refractivity contribution >= 4 is 23.4 Å². The minimum atomic E-state index is -0.643. The number of fused-ring (bicyclic) bond motifs is 1. The lowest BCUT2D eigenvalue weighted by atomic mass is 9.96. The molecule has 0 amide bonds. The molecule has 198 valence electrons. The molecule has 0 aliphatic carbocycles. The van der Waals surface area contributed by atoms with Gasteiger partial charge in [-0.3, -0.25) is 9.36 Å². The molecule has 1 atom stereocenters. The van der Waals surface area contributed by atoms with E-state index in [1.165, 1.54) is 18.4 Å². The van der Waals surface area contributed by atoms with E-state index in [9.17, 15) is 9.59 Å². The standard InChI is InChI=1S/C32H26N4O3S/c1-20-14-16-22(17-15-20)28-24(19-35(34-28)25-12-8-5-9-13-25)18-26-30(37)36-29(23-10-6-4-7-11-23)27(31(38)39-3)21(2)33-32(36)40-26/h4-19,29H,1-3H3. The Hall–Kier alpha value is -4.82. The number of nitrogens with zero attached hydrogens (tertiary/aromatic N) is 4. The van der Waals surface area contributed by atoms with Crippen LogP contribution in [0.3, 0.4) is 0 Å². The first-order valence-corrected chi connectivity index (χ1v) is 13.6. The molecule has 0 saturated carbocycles. The topological polar surface area (TPSA) is 78.5 Å². The van der Waals surface area contributed by atoms with Crippen LogP contribution >= 0.6 is 11.3 Å². The smallest absolute Gasteiger partial charge is 0.338 e. The number of ether oxygens (including phenoxy) is 1. The second kappa shape index (κ2) is 10.4. The fraction of sp³-hybridized carbons (Fsp3) is 0.125. The molecule has 3 heterocycles. The van der Waals surface area contributed by atoms with Crippen molar-refractivity contribution in [3.63, 3.8) is 0 Å². The minimum absolute atomic E-state index is 0.228. The van der Waals surface area contributed by atoms with Gasteiger partial charge in [-0.25, -0.2) is 14.5 Å². The summed E-state index contributed by atoms with van der Waals surface area (Å²) in [6.45, 7) is 3.82. The van der Waals surface area contributed by atoms with Crippen LogP contribution in [0.1, 0.15) is 29.7 Å². The summed E-state index contributed by atoms with van der Waals surface area (Å²) in [4.78, 5) is 32.1. The largest absolute Gasteiger partial charge is 0.466 e. The van der Waals surface area contributed by atoms with Gasteiger partial charge in [0.25, 0.3) is 5.56 Å². The molecule has 6 rings (SSSR count). The van der Waals surface area contributed by atoms with Crippen molar-refractivity contribution in [2.24, 2.45) is 4.99 Å². The van der Waals surface area contributed by atoms with Crippen LogP contribution in [0.15, 0.2) is 112 Å². The number of esters is 1. The normalized spacial score (nSPS) is 15.1. The van der Waals surface area contributed by atoms with Crippen LogP contribution in [0.5, 0.6) is 0 Å². The molecule has 40 heavy (non-hydrogen) atoms. The van der Waals surface area contributed by atoms with Crippen LogP contribution in [0.2, 0.25) is 0 Å². The Bertz CT molecular complexity index is 1930. The number of methoxy groups -OCH3 is 1. The third-order valence-corrected chi connectivity index (χ3v) is 7.90. The van der Waals surface area contributed by atoms with Gasteiger partial charge in [-0.2, -0.15) is 5.10 Å². The predicted molar refractivity (Wildman–Crippen MR) is 156 cm³/mol. The highest BCUT2D eigenvalue weighted by molar-refractivity contribution is 7.07. The van der Waals surface area contributed by atoms with Gasteiger partial charge in [0.2, 0.25) is 0 Å². The fourth-order valence-corrected chi connectivity index (χ4v) is 5.96. The van der Waals surface area contributed by atoms with Crippen molar-refractivity contribution in [1.29, 1.82) is 0 Å². The van der Waals surface area contributed by atoms with E-state index in [0.717, 1.165) is 33.6 Å². The summed E-state index contributed by atoms with van der Waals surface area (Å²) in [5.74, 6) is -0.504. The molecular formula is C32H26N4O3S. The number of hydrogen-bond acceptors (Lipinski definition) is 6. The Morgan fingerprint density at radius 2 is 1.62 bits per heavy atom. The molecule has 2 aromatic heterocycles. The quantitative estimate of drug-likeness (QED) is 0.303. The van der Waals surface area contributed by atoms with E-state index >= 15 is 0 Å². The van der Waals surface area contributed by atoms with Gasteiger partial charge in [0.05, 0.1) is 40.3 Å². The Labute approximate surface area is 234 Å². The number of rotatable bonds is 5. The molecule has 0 bridgehead atoms. The van der Waals surface area contributed by atoms with Crippen LogP contribution in [0.25, 0.3) is 23.0 Å². The van der Waals surface area contributed by atoms with Crippen molar-refractivity contribution in [3.05, 3.63) is 139 Å². The molecule has 0 N–H and O–H groups in total. The van der Waals surface area contributed by atoms with Crippen molar-refractivity contribution < 1.29 is 9.53 Å². The Morgan fingerprint density at radius 1 is 0.950 bits per heavy atom. The summed E-state index contributed by atoms with van der Waals surface area (Å²) < 4.78 is 9.02. The van der Waals surface area contributed by atoms with Gasteiger partial charge in [-0.15, -0.1) is 0 Å². The number of aryl methyl sites for hydroxylation is 1. The van der Waals surface area contributed by atoms with Gasteiger partial charge >= 0.3 is 5.97 Å². The maximum absolute atomic E-state index is 14.0. The lowest BCUT2D eigenvalue weighted by molar-refractivity contribution is -0.136. The summed E-state index contributed by atoms with van der Waals surface area (Å²) in [6.07, 6.45) is 3.80. The summed E-state index contributed by atoms with van der Waals surface area (Å²) in [6, 6.07) is 26.9. The molecule has 8 heteroatoms. The number of benzene rings is 3. The number of hydrogen-bond donors (Lipinski definition) is 0. The van der Waals surface area contributed by atoms with Gasteiger partial charge < -0.3 is 4.74 Å². The minimum Gasteiger partial charge on any atom is -0.466 e. The molecule has 0 saturated heterocycles. The van der Waals surface area contributed by atoms with Crippen LogP contribution in [0.4, 0.5) is 0 Å². The average molecular weight is 547 g/mol. The average Bonchev–Trinajstić information content (AvgIpc) is 3.54. The zero-order valence-corrected chi connectivity index (χ0v) is 23.1. The highest BCUT2D eigenvalue weighted by Crippen LogP contribution is 2.30. The van der Waals surface area contributed by atoms with Crippen molar-refractivity contribution in [2.75, 3.05) is 7.11 Å². The number of carbonyl (C=O) groups is 1. The third-order valence-electron chi connectivity index (χ3n) is 6.92. The van der Waals surface area contributed by atoms with Crippen molar-refractivity contribution in [1.82, 2.24) is 14.3 Å². The maximum Gasteiger partial charge on any atom is 0.338 e. The van der Waals surface area contributed by atoms with E-state index in [1.54, 1.807) is 11.5 Å². The molecule has 1 aliphatic heterocycles. The van der Waals surface area contributed by atoms with E-state index in [0.29, 0.717) is 20.6 Å². The van der Waals surface area contributed by atoms with Crippen LogP contribution < -0.4 is 14.9 Å². The maximum atomic E-state index is 14.0. The molecular weight excluding hydrogens is 520 g/mol. The van der Waals surface area contributed by atoms with Crippen LogP contribution in [-0.4, -0.2) is 27.4 Å². The molecule has 0 fully saturated rings. The Balaban J connectivity index is 1.57. The SMILES string of the molecule is COC(=O)C1=C(C)N=c2sc(=Cc3cn(-c4ccccc4)nc3-c3ccc(C)cc3)c(=O)n2C1c1ccccc1. The molecule has 1 unspecified atom stereocenters. The zero-order valence-electron chi connectivity index (χ0n) is 22.2. The first kappa shape index (κ1) is 25.5. The first-order chi connectivity index (χ1) is 19.4. The molecule has 1 aliphatic rings.